The number of hydrogen-bond donors (Lipinski definition) is 1. The van der Waals surface area contributed by atoms with Crippen molar-refractivity contribution in [1.82, 2.24) is 9.97 Å². The number of aromatic nitrogens is 2. The topological polar surface area (TPSA) is 45.8 Å². The summed E-state index contributed by atoms with van der Waals surface area (Å²) in [5.74, 6) is -0.251. The number of ketones is 1. The van der Waals surface area contributed by atoms with Gasteiger partial charge in [-0.2, -0.15) is 0 Å². The molecule has 100 valence electrons. The lowest BCUT2D eigenvalue weighted by Crippen LogP contribution is -2.01. The molecule has 0 saturated heterocycles. The number of pyridine rings is 1. The van der Waals surface area contributed by atoms with Crippen molar-refractivity contribution in [2.45, 2.75) is 0 Å². The normalized spacial score (nSPS) is 10.9. The van der Waals surface area contributed by atoms with Crippen LogP contribution in [0, 0.1) is 0 Å². The third-order valence-electron chi connectivity index (χ3n) is 2.96. The number of nitrogens with zero attached hydrogens (tertiary/aromatic N) is 1. The monoisotopic (exact) mass is 324 g/mol. The van der Waals surface area contributed by atoms with Crippen molar-refractivity contribution in [3.8, 4) is 0 Å². The molecule has 0 bridgehead atoms. The Balaban J connectivity index is 2.21. The molecule has 0 amide bonds. The van der Waals surface area contributed by atoms with E-state index in [1.807, 2.05) is 0 Å². The zero-order valence-electron chi connectivity index (χ0n) is 9.95. The van der Waals surface area contributed by atoms with Gasteiger partial charge in [0.25, 0.3) is 0 Å². The molecule has 1 aromatic carbocycles. The Kier molecular flexibility index (Phi) is 3.42. The SMILES string of the molecule is O=C(c1cccc(Cl)c1Cl)c1c[nH]c2nccc(Cl)c12. The van der Waals surface area contributed by atoms with Crippen LogP contribution in [0.25, 0.3) is 11.0 Å². The number of benzene rings is 1. The molecule has 2 heterocycles. The van der Waals surface area contributed by atoms with Crippen LogP contribution in [0.5, 0.6) is 0 Å². The summed E-state index contributed by atoms with van der Waals surface area (Å²) < 4.78 is 0. The van der Waals surface area contributed by atoms with Crippen LogP contribution < -0.4 is 0 Å². The van der Waals surface area contributed by atoms with Gasteiger partial charge in [-0.15, -0.1) is 0 Å². The first kappa shape index (κ1) is 13.4. The Morgan fingerprint density at radius 1 is 1.05 bits per heavy atom. The van der Waals surface area contributed by atoms with Crippen LogP contribution in [0.3, 0.4) is 0 Å². The molecule has 2 aromatic heterocycles. The van der Waals surface area contributed by atoms with Crippen molar-refractivity contribution in [2.24, 2.45) is 0 Å². The van der Waals surface area contributed by atoms with Gasteiger partial charge in [0, 0.05) is 23.3 Å². The average molecular weight is 326 g/mol. The predicted molar refractivity (Wildman–Crippen MR) is 81.0 cm³/mol. The number of carbonyl (C=O) groups is 1. The maximum Gasteiger partial charge on any atom is 0.196 e. The van der Waals surface area contributed by atoms with E-state index < -0.39 is 0 Å². The van der Waals surface area contributed by atoms with E-state index >= 15 is 0 Å². The van der Waals surface area contributed by atoms with Gasteiger partial charge in [-0.05, 0) is 18.2 Å². The van der Waals surface area contributed by atoms with Crippen LogP contribution in [0.4, 0.5) is 0 Å². The second-order valence-electron chi connectivity index (χ2n) is 4.15. The summed E-state index contributed by atoms with van der Waals surface area (Å²) in [5.41, 5.74) is 1.31. The highest BCUT2D eigenvalue weighted by Crippen LogP contribution is 2.31. The van der Waals surface area contributed by atoms with Crippen molar-refractivity contribution < 1.29 is 4.79 Å². The van der Waals surface area contributed by atoms with Crippen molar-refractivity contribution in [3.05, 3.63) is 62.9 Å². The van der Waals surface area contributed by atoms with E-state index in [4.69, 9.17) is 34.8 Å². The van der Waals surface area contributed by atoms with Crippen LogP contribution in [0.15, 0.2) is 36.7 Å². The highest BCUT2D eigenvalue weighted by Gasteiger charge is 2.19. The Bertz CT molecular complexity index is 826. The summed E-state index contributed by atoms with van der Waals surface area (Å²) >= 11 is 18.2. The Hall–Kier alpha value is -1.55. The quantitative estimate of drug-likeness (QED) is 0.691. The van der Waals surface area contributed by atoms with Crippen molar-refractivity contribution in [2.75, 3.05) is 0 Å². The molecule has 0 aliphatic rings. The lowest BCUT2D eigenvalue weighted by Gasteiger charge is -2.04. The highest BCUT2D eigenvalue weighted by atomic mass is 35.5. The summed E-state index contributed by atoms with van der Waals surface area (Å²) in [6, 6.07) is 6.56. The van der Waals surface area contributed by atoms with E-state index in [-0.39, 0.29) is 10.8 Å². The number of halogens is 3. The first-order valence-electron chi connectivity index (χ1n) is 5.70. The minimum Gasteiger partial charge on any atom is -0.345 e. The van der Waals surface area contributed by atoms with E-state index in [1.165, 1.54) is 0 Å². The van der Waals surface area contributed by atoms with E-state index in [0.717, 1.165) is 0 Å². The van der Waals surface area contributed by atoms with Gasteiger partial charge in [-0.1, -0.05) is 40.9 Å². The summed E-state index contributed by atoms with van der Waals surface area (Å²) in [6.07, 6.45) is 3.14. The fourth-order valence-electron chi connectivity index (χ4n) is 2.02. The molecule has 0 unspecified atom stereocenters. The van der Waals surface area contributed by atoms with E-state index in [1.54, 1.807) is 36.7 Å². The Morgan fingerprint density at radius 3 is 2.65 bits per heavy atom. The summed E-state index contributed by atoms with van der Waals surface area (Å²) in [6.45, 7) is 0. The van der Waals surface area contributed by atoms with Crippen molar-refractivity contribution in [1.29, 1.82) is 0 Å². The fourth-order valence-corrected chi connectivity index (χ4v) is 2.65. The number of nitrogens with one attached hydrogen (secondary N) is 1. The van der Waals surface area contributed by atoms with Gasteiger partial charge >= 0.3 is 0 Å². The van der Waals surface area contributed by atoms with Gasteiger partial charge in [-0.3, -0.25) is 4.79 Å². The number of hydrogen-bond acceptors (Lipinski definition) is 2. The molecule has 0 aliphatic carbocycles. The number of fused-ring (bicyclic) bond motifs is 1. The minimum atomic E-state index is -0.251. The molecule has 1 N–H and O–H groups in total. The second-order valence-corrected chi connectivity index (χ2v) is 5.34. The second kappa shape index (κ2) is 5.09. The predicted octanol–water partition coefficient (Wildman–Crippen LogP) is 4.75. The highest BCUT2D eigenvalue weighted by molar-refractivity contribution is 6.45. The zero-order chi connectivity index (χ0) is 14.3. The molecule has 3 nitrogen and oxygen atoms in total. The van der Waals surface area contributed by atoms with E-state index in [0.29, 0.717) is 32.2 Å². The third kappa shape index (κ3) is 2.08. The van der Waals surface area contributed by atoms with Gasteiger partial charge < -0.3 is 4.98 Å². The Morgan fingerprint density at radius 2 is 1.85 bits per heavy atom. The summed E-state index contributed by atoms with van der Waals surface area (Å²) in [7, 11) is 0. The maximum absolute atomic E-state index is 12.6. The molecule has 0 spiro atoms. The molecule has 0 radical (unpaired) electrons. The Labute approximate surface area is 129 Å². The molecular weight excluding hydrogens is 319 g/mol. The van der Waals surface area contributed by atoms with Crippen LogP contribution in [0.1, 0.15) is 15.9 Å². The molecule has 0 fully saturated rings. The maximum atomic E-state index is 12.6. The van der Waals surface area contributed by atoms with Gasteiger partial charge in [0.1, 0.15) is 5.65 Å². The third-order valence-corrected chi connectivity index (χ3v) is 4.10. The number of rotatable bonds is 2. The largest absolute Gasteiger partial charge is 0.345 e. The molecule has 3 rings (SSSR count). The zero-order valence-corrected chi connectivity index (χ0v) is 12.2. The van der Waals surface area contributed by atoms with Gasteiger partial charge in [0.15, 0.2) is 5.78 Å². The van der Waals surface area contributed by atoms with Crippen LogP contribution >= 0.6 is 34.8 Å². The van der Waals surface area contributed by atoms with Crippen LogP contribution in [0.2, 0.25) is 15.1 Å². The van der Waals surface area contributed by atoms with Crippen molar-refractivity contribution >= 4 is 51.6 Å². The average Bonchev–Trinajstić information content (AvgIpc) is 2.86. The van der Waals surface area contributed by atoms with Crippen LogP contribution in [-0.2, 0) is 0 Å². The van der Waals surface area contributed by atoms with Gasteiger partial charge in [0.2, 0.25) is 0 Å². The van der Waals surface area contributed by atoms with E-state index in [9.17, 15) is 4.79 Å². The molecule has 3 aromatic rings. The number of H-pyrrole nitrogens is 1. The fraction of sp³-hybridized carbons (Fsp3) is 0. The summed E-state index contributed by atoms with van der Waals surface area (Å²) in [5, 5.41) is 1.60. The molecule has 0 atom stereocenters. The molecule has 0 aliphatic heterocycles. The lowest BCUT2D eigenvalue weighted by molar-refractivity contribution is 0.104. The molecule has 6 heteroatoms. The lowest BCUT2D eigenvalue weighted by atomic mass is 10.0. The minimum absolute atomic E-state index is 0.230. The number of carbonyl (C=O) groups excluding carboxylic acids is 1. The van der Waals surface area contributed by atoms with Gasteiger partial charge in [-0.25, -0.2) is 4.98 Å². The molecule has 0 saturated carbocycles. The molecular formula is C14H7Cl3N2O. The van der Waals surface area contributed by atoms with E-state index in [2.05, 4.69) is 9.97 Å². The first-order chi connectivity index (χ1) is 9.59. The van der Waals surface area contributed by atoms with Crippen molar-refractivity contribution in [3.63, 3.8) is 0 Å². The standard InChI is InChI=1S/C14H7Cl3N2O/c15-9-4-5-18-14-11(9)8(6-19-14)13(20)7-2-1-3-10(16)12(7)17/h1-6H,(H,18,19). The smallest absolute Gasteiger partial charge is 0.196 e. The first-order valence-corrected chi connectivity index (χ1v) is 6.83. The van der Waals surface area contributed by atoms with Gasteiger partial charge in [0.05, 0.1) is 20.6 Å². The van der Waals surface area contributed by atoms with Crippen LogP contribution in [-0.4, -0.2) is 15.8 Å². The number of aromatic amines is 1. The molecule has 20 heavy (non-hydrogen) atoms. The summed E-state index contributed by atoms with van der Waals surface area (Å²) in [4.78, 5) is 19.6.